The second-order valence-corrected chi connectivity index (χ2v) is 6.72. The van der Waals surface area contributed by atoms with Gasteiger partial charge in [0.05, 0.1) is 25.4 Å². The smallest absolute Gasteiger partial charge is 0.230 e. The first kappa shape index (κ1) is 17.9. The molecule has 0 radical (unpaired) electrons. The number of hydrogen-bond donors (Lipinski definition) is 1. The van der Waals surface area contributed by atoms with Gasteiger partial charge in [-0.3, -0.25) is 4.90 Å². The second-order valence-electron chi connectivity index (χ2n) is 6.72. The summed E-state index contributed by atoms with van der Waals surface area (Å²) in [6.45, 7) is 6.59. The molecule has 27 heavy (non-hydrogen) atoms. The van der Waals surface area contributed by atoms with Crippen LogP contribution in [0.15, 0.2) is 24.3 Å². The first-order chi connectivity index (χ1) is 13.2. The maximum absolute atomic E-state index is 14.0. The summed E-state index contributed by atoms with van der Waals surface area (Å²) < 4.78 is 19.3. The fourth-order valence-corrected chi connectivity index (χ4v) is 3.46. The molecule has 0 aliphatic carbocycles. The molecular weight excluding hydrogens is 349 g/mol. The Balaban J connectivity index is 1.39. The van der Waals surface area contributed by atoms with Crippen LogP contribution in [0.2, 0.25) is 0 Å². The Morgan fingerprint density at radius 3 is 2.41 bits per heavy atom. The Morgan fingerprint density at radius 1 is 0.926 bits per heavy atom. The lowest BCUT2D eigenvalue weighted by Crippen LogP contribution is -2.46. The van der Waals surface area contributed by atoms with Crippen LogP contribution in [0.25, 0.3) is 0 Å². The summed E-state index contributed by atoms with van der Waals surface area (Å²) in [5, 5.41) is 0. The van der Waals surface area contributed by atoms with Crippen LogP contribution < -0.4 is 15.5 Å². The van der Waals surface area contributed by atoms with Crippen LogP contribution in [0.4, 0.5) is 22.0 Å². The summed E-state index contributed by atoms with van der Waals surface area (Å²) in [5.74, 6) is 1.35. The van der Waals surface area contributed by atoms with Crippen LogP contribution in [0.1, 0.15) is 5.82 Å². The van der Waals surface area contributed by atoms with Crippen molar-refractivity contribution in [2.45, 2.75) is 6.54 Å². The SMILES string of the molecule is Nc1nc(CN2CCN(c3ccccc3F)CC2)nc(N2CCOCC2)n1. The number of morpholine rings is 1. The molecule has 2 N–H and O–H groups in total. The molecule has 0 spiro atoms. The Hall–Kier alpha value is -2.52. The Labute approximate surface area is 157 Å². The molecule has 8 nitrogen and oxygen atoms in total. The average Bonchev–Trinajstić information content (AvgIpc) is 2.69. The van der Waals surface area contributed by atoms with E-state index in [0.29, 0.717) is 37.2 Å². The van der Waals surface area contributed by atoms with Gasteiger partial charge in [-0.1, -0.05) is 12.1 Å². The van der Waals surface area contributed by atoms with Gasteiger partial charge in [-0.15, -0.1) is 0 Å². The van der Waals surface area contributed by atoms with Crippen LogP contribution >= 0.6 is 0 Å². The van der Waals surface area contributed by atoms with E-state index in [0.717, 1.165) is 39.3 Å². The van der Waals surface area contributed by atoms with E-state index in [1.165, 1.54) is 6.07 Å². The first-order valence-corrected chi connectivity index (χ1v) is 9.24. The third-order valence-electron chi connectivity index (χ3n) is 4.91. The number of para-hydroxylation sites is 1. The van der Waals surface area contributed by atoms with Crippen molar-refractivity contribution in [3.8, 4) is 0 Å². The molecular formula is C18H24FN7O. The van der Waals surface area contributed by atoms with E-state index in [-0.39, 0.29) is 11.8 Å². The quantitative estimate of drug-likeness (QED) is 0.841. The summed E-state index contributed by atoms with van der Waals surface area (Å²) in [6, 6.07) is 6.91. The van der Waals surface area contributed by atoms with Gasteiger partial charge in [0, 0.05) is 39.3 Å². The monoisotopic (exact) mass is 373 g/mol. The number of anilines is 3. The second kappa shape index (κ2) is 8.01. The van der Waals surface area contributed by atoms with Crippen molar-refractivity contribution < 1.29 is 9.13 Å². The largest absolute Gasteiger partial charge is 0.378 e. The summed E-state index contributed by atoms with van der Waals surface area (Å²) in [7, 11) is 0. The van der Waals surface area contributed by atoms with Crippen LogP contribution in [-0.2, 0) is 11.3 Å². The molecule has 1 aromatic carbocycles. The molecule has 2 fully saturated rings. The Kier molecular flexibility index (Phi) is 5.30. The average molecular weight is 373 g/mol. The Morgan fingerprint density at radius 2 is 1.67 bits per heavy atom. The molecule has 0 unspecified atom stereocenters. The molecule has 2 aliphatic heterocycles. The number of aromatic nitrogens is 3. The van der Waals surface area contributed by atoms with Gasteiger partial charge in [-0.05, 0) is 12.1 Å². The van der Waals surface area contributed by atoms with E-state index < -0.39 is 0 Å². The lowest BCUT2D eigenvalue weighted by molar-refractivity contribution is 0.122. The zero-order valence-electron chi connectivity index (χ0n) is 15.2. The summed E-state index contributed by atoms with van der Waals surface area (Å²) in [5.41, 5.74) is 6.56. The number of nitrogen functional groups attached to an aromatic ring is 1. The van der Waals surface area contributed by atoms with Gasteiger partial charge in [-0.25, -0.2) is 4.39 Å². The van der Waals surface area contributed by atoms with Gasteiger partial charge in [0.25, 0.3) is 0 Å². The molecule has 0 amide bonds. The van der Waals surface area contributed by atoms with E-state index >= 15 is 0 Å². The highest BCUT2D eigenvalue weighted by atomic mass is 19.1. The summed E-state index contributed by atoms with van der Waals surface area (Å²) in [4.78, 5) is 19.6. The van der Waals surface area contributed by atoms with Crippen molar-refractivity contribution in [2.75, 3.05) is 68.0 Å². The highest BCUT2D eigenvalue weighted by Crippen LogP contribution is 2.21. The lowest BCUT2D eigenvalue weighted by atomic mass is 10.2. The van der Waals surface area contributed by atoms with Gasteiger partial charge in [0.15, 0.2) is 0 Å². The van der Waals surface area contributed by atoms with Crippen molar-refractivity contribution in [3.05, 3.63) is 35.9 Å². The Bertz CT molecular complexity index is 776. The molecule has 0 bridgehead atoms. The lowest BCUT2D eigenvalue weighted by Gasteiger charge is -2.36. The molecule has 3 heterocycles. The fourth-order valence-electron chi connectivity index (χ4n) is 3.46. The minimum atomic E-state index is -0.175. The fraction of sp³-hybridized carbons (Fsp3) is 0.500. The minimum Gasteiger partial charge on any atom is -0.378 e. The summed E-state index contributed by atoms with van der Waals surface area (Å²) >= 11 is 0. The zero-order valence-corrected chi connectivity index (χ0v) is 15.2. The van der Waals surface area contributed by atoms with Crippen molar-refractivity contribution in [3.63, 3.8) is 0 Å². The molecule has 9 heteroatoms. The molecule has 0 atom stereocenters. The van der Waals surface area contributed by atoms with Crippen LogP contribution in [0, 0.1) is 5.82 Å². The number of nitrogens with two attached hydrogens (primary N) is 1. The third kappa shape index (κ3) is 4.25. The van der Waals surface area contributed by atoms with E-state index in [9.17, 15) is 4.39 Å². The zero-order chi connectivity index (χ0) is 18.6. The number of benzene rings is 1. The predicted octanol–water partition coefficient (Wildman–Crippen LogP) is 0.752. The molecule has 2 aliphatic rings. The topological polar surface area (TPSA) is 83.6 Å². The standard InChI is InChI=1S/C18H24FN7O/c19-14-3-1-2-4-15(14)25-7-5-24(6-8-25)13-16-21-17(20)23-18(22-16)26-9-11-27-12-10-26/h1-4H,5-13H2,(H2,20,21,22,23). The molecule has 4 rings (SSSR count). The number of rotatable bonds is 4. The van der Waals surface area contributed by atoms with Crippen molar-refractivity contribution >= 4 is 17.6 Å². The van der Waals surface area contributed by atoms with Gasteiger partial charge >= 0.3 is 0 Å². The highest BCUT2D eigenvalue weighted by molar-refractivity contribution is 5.48. The third-order valence-corrected chi connectivity index (χ3v) is 4.91. The van der Waals surface area contributed by atoms with E-state index in [4.69, 9.17) is 10.5 Å². The van der Waals surface area contributed by atoms with Crippen LogP contribution in [0.5, 0.6) is 0 Å². The number of hydrogen-bond acceptors (Lipinski definition) is 8. The highest BCUT2D eigenvalue weighted by Gasteiger charge is 2.21. The van der Waals surface area contributed by atoms with E-state index in [1.54, 1.807) is 6.07 Å². The maximum Gasteiger partial charge on any atom is 0.230 e. The molecule has 0 saturated carbocycles. The number of nitrogens with zero attached hydrogens (tertiary/aromatic N) is 6. The molecule has 1 aromatic heterocycles. The molecule has 2 saturated heterocycles. The normalized spacial score (nSPS) is 18.7. The summed E-state index contributed by atoms with van der Waals surface area (Å²) in [6.07, 6.45) is 0. The predicted molar refractivity (Wildman–Crippen MR) is 101 cm³/mol. The number of halogens is 1. The van der Waals surface area contributed by atoms with E-state index in [2.05, 4.69) is 29.7 Å². The van der Waals surface area contributed by atoms with Gasteiger partial charge in [0.1, 0.15) is 11.6 Å². The number of piperazine rings is 1. The minimum absolute atomic E-state index is 0.175. The van der Waals surface area contributed by atoms with Gasteiger partial charge in [0.2, 0.25) is 11.9 Å². The van der Waals surface area contributed by atoms with Crippen molar-refractivity contribution in [1.29, 1.82) is 0 Å². The van der Waals surface area contributed by atoms with Crippen LogP contribution in [-0.4, -0.2) is 72.3 Å². The van der Waals surface area contributed by atoms with Gasteiger partial charge < -0.3 is 20.3 Å². The van der Waals surface area contributed by atoms with Gasteiger partial charge in [-0.2, -0.15) is 15.0 Å². The van der Waals surface area contributed by atoms with E-state index in [1.807, 2.05) is 12.1 Å². The van der Waals surface area contributed by atoms with Crippen molar-refractivity contribution in [2.24, 2.45) is 0 Å². The molecule has 144 valence electrons. The number of ether oxygens (including phenoxy) is 1. The van der Waals surface area contributed by atoms with Crippen LogP contribution in [0.3, 0.4) is 0 Å². The first-order valence-electron chi connectivity index (χ1n) is 9.24. The maximum atomic E-state index is 14.0. The molecule has 2 aromatic rings. The van der Waals surface area contributed by atoms with Crippen molar-refractivity contribution in [1.82, 2.24) is 19.9 Å².